The second-order valence-corrected chi connectivity index (χ2v) is 7.08. The number of H-pyrrole nitrogens is 1. The van der Waals surface area contributed by atoms with Gasteiger partial charge in [0.05, 0.1) is 30.8 Å². The normalized spacial score (nSPS) is 11.2. The third-order valence-corrected chi connectivity index (χ3v) is 4.71. The predicted molar refractivity (Wildman–Crippen MR) is 110 cm³/mol. The van der Waals surface area contributed by atoms with E-state index in [-0.39, 0.29) is 17.7 Å². The van der Waals surface area contributed by atoms with Gasteiger partial charge in [-0.3, -0.25) is 4.79 Å². The lowest BCUT2D eigenvalue weighted by atomic mass is 10.1. The molecule has 2 aromatic rings. The van der Waals surface area contributed by atoms with Crippen LogP contribution >= 0.6 is 0 Å². The summed E-state index contributed by atoms with van der Waals surface area (Å²) in [4.78, 5) is 32.3. The number of carbonyl (C=O) groups excluding carboxylic acids is 1. The molecule has 2 N–H and O–H groups in total. The van der Waals surface area contributed by atoms with Crippen LogP contribution in [0.4, 0.5) is 5.69 Å². The molecule has 148 valence electrons. The van der Waals surface area contributed by atoms with Crippen LogP contribution in [-0.4, -0.2) is 44.7 Å². The molecule has 0 bridgehead atoms. The molecule has 1 heterocycles. The molecule has 0 aliphatic heterocycles. The molecule has 27 heavy (non-hydrogen) atoms. The minimum absolute atomic E-state index is 0.0831. The molecule has 0 fully saturated rings. The smallest absolute Gasteiger partial charge is 0.355 e. The quantitative estimate of drug-likeness (QED) is 0.659. The second kappa shape index (κ2) is 9.55. The summed E-state index contributed by atoms with van der Waals surface area (Å²) >= 11 is 0. The van der Waals surface area contributed by atoms with Crippen molar-refractivity contribution in [2.45, 2.75) is 40.2 Å². The Balaban J connectivity index is 2.64. The van der Waals surface area contributed by atoms with Crippen LogP contribution in [-0.2, 0) is 11.3 Å². The summed E-state index contributed by atoms with van der Waals surface area (Å²) < 4.78 is 5.21. The van der Waals surface area contributed by atoms with Gasteiger partial charge in [0.15, 0.2) is 5.43 Å². The van der Waals surface area contributed by atoms with Crippen LogP contribution < -0.4 is 15.2 Å². The first-order valence-corrected chi connectivity index (χ1v) is 9.79. The third-order valence-electron chi connectivity index (χ3n) is 4.71. The van der Waals surface area contributed by atoms with Crippen molar-refractivity contribution in [3.05, 3.63) is 39.7 Å². The van der Waals surface area contributed by atoms with Gasteiger partial charge in [-0.1, -0.05) is 13.8 Å². The summed E-state index contributed by atoms with van der Waals surface area (Å²) in [6.07, 6.45) is 2.06. The highest BCUT2D eigenvalue weighted by Crippen LogP contribution is 2.19. The molecule has 0 saturated heterocycles. The average Bonchev–Trinajstić information content (AvgIpc) is 2.64. The minimum atomic E-state index is -0.462. The third kappa shape index (κ3) is 4.89. The number of ether oxygens (including phenoxy) is 1. The maximum Gasteiger partial charge on any atom is 0.355 e. The lowest BCUT2D eigenvalue weighted by molar-refractivity contribution is -0.914. The standard InChI is InChI=1S/C21H31N3O3/c1-6-11-24(12-7-2)14-17-19(21(26)27-8-3)22-18-10-9-15(23(4)5)13-16(18)20(17)25/h9-10,13H,6-8,11-12,14H2,1-5H3,(H,22,25)/p+1. The fraction of sp³-hybridized carbons (Fsp3) is 0.524. The van der Waals surface area contributed by atoms with Crippen LogP contribution in [0.1, 0.15) is 49.7 Å². The fourth-order valence-corrected chi connectivity index (χ4v) is 3.40. The number of aromatic amines is 1. The van der Waals surface area contributed by atoms with E-state index in [1.54, 1.807) is 6.92 Å². The van der Waals surface area contributed by atoms with E-state index in [9.17, 15) is 9.59 Å². The molecular formula is C21H32N3O3+. The van der Waals surface area contributed by atoms with E-state index in [1.807, 2.05) is 37.2 Å². The van der Waals surface area contributed by atoms with Crippen molar-refractivity contribution in [1.82, 2.24) is 4.98 Å². The first-order chi connectivity index (χ1) is 12.9. The molecule has 2 rings (SSSR count). The number of pyridine rings is 1. The summed E-state index contributed by atoms with van der Waals surface area (Å²) in [7, 11) is 3.88. The number of nitrogens with one attached hydrogen (secondary N) is 2. The van der Waals surface area contributed by atoms with E-state index in [1.165, 1.54) is 4.90 Å². The SMILES string of the molecule is CCC[NH+](CCC)Cc1c(C(=O)OCC)[nH]c2ccc(N(C)C)cc2c1=O. The molecular weight excluding hydrogens is 342 g/mol. The summed E-state index contributed by atoms with van der Waals surface area (Å²) in [5.74, 6) is -0.462. The van der Waals surface area contributed by atoms with Crippen molar-refractivity contribution in [3.63, 3.8) is 0 Å². The number of hydrogen-bond donors (Lipinski definition) is 2. The number of esters is 1. The number of carbonyl (C=O) groups is 1. The molecule has 1 aromatic carbocycles. The fourth-order valence-electron chi connectivity index (χ4n) is 3.40. The number of benzene rings is 1. The molecule has 0 aliphatic rings. The molecule has 0 amide bonds. The Hall–Kier alpha value is -2.34. The van der Waals surface area contributed by atoms with E-state index >= 15 is 0 Å². The zero-order valence-electron chi connectivity index (χ0n) is 17.1. The van der Waals surface area contributed by atoms with Gasteiger partial charge in [-0.25, -0.2) is 4.79 Å². The Kier molecular flexibility index (Phi) is 7.42. The highest BCUT2D eigenvalue weighted by Gasteiger charge is 2.23. The number of fused-ring (bicyclic) bond motifs is 1. The van der Waals surface area contributed by atoms with Gasteiger partial charge in [-0.2, -0.15) is 0 Å². The van der Waals surface area contributed by atoms with Gasteiger partial charge in [-0.15, -0.1) is 0 Å². The lowest BCUT2D eigenvalue weighted by Crippen LogP contribution is -3.10. The Bertz CT molecular complexity index is 836. The first-order valence-electron chi connectivity index (χ1n) is 9.79. The molecule has 0 unspecified atom stereocenters. The number of hydrogen-bond acceptors (Lipinski definition) is 4. The number of aromatic nitrogens is 1. The van der Waals surface area contributed by atoms with E-state index in [0.717, 1.165) is 31.6 Å². The Morgan fingerprint density at radius 2 is 1.81 bits per heavy atom. The molecule has 0 radical (unpaired) electrons. The molecule has 1 aromatic heterocycles. The lowest BCUT2D eigenvalue weighted by Gasteiger charge is -2.20. The van der Waals surface area contributed by atoms with Crippen molar-refractivity contribution in [2.75, 3.05) is 38.7 Å². The van der Waals surface area contributed by atoms with Gasteiger partial charge < -0.3 is 19.5 Å². The molecule has 6 heteroatoms. The predicted octanol–water partition coefficient (Wildman–Crippen LogP) is 1.98. The second-order valence-electron chi connectivity index (χ2n) is 7.08. The van der Waals surface area contributed by atoms with Crippen molar-refractivity contribution >= 4 is 22.6 Å². The maximum atomic E-state index is 13.3. The summed E-state index contributed by atoms with van der Waals surface area (Å²) in [5.41, 5.74) is 2.34. The molecule has 0 spiro atoms. The van der Waals surface area contributed by atoms with Crippen molar-refractivity contribution in [3.8, 4) is 0 Å². The monoisotopic (exact) mass is 374 g/mol. The average molecular weight is 375 g/mol. The highest BCUT2D eigenvalue weighted by molar-refractivity contribution is 5.93. The van der Waals surface area contributed by atoms with Crippen molar-refractivity contribution in [2.24, 2.45) is 0 Å². The van der Waals surface area contributed by atoms with Crippen LogP contribution in [0.25, 0.3) is 10.9 Å². The summed E-state index contributed by atoms with van der Waals surface area (Å²) in [6.45, 7) is 8.76. The van der Waals surface area contributed by atoms with Crippen molar-refractivity contribution in [1.29, 1.82) is 0 Å². The molecule has 0 aliphatic carbocycles. The number of anilines is 1. The Morgan fingerprint density at radius 3 is 2.37 bits per heavy atom. The Morgan fingerprint density at radius 1 is 1.15 bits per heavy atom. The van der Waals surface area contributed by atoms with Gasteiger partial charge in [0, 0.05) is 25.2 Å². The number of rotatable bonds is 9. The molecule has 0 atom stereocenters. The molecule has 6 nitrogen and oxygen atoms in total. The zero-order chi connectivity index (χ0) is 20.0. The van der Waals surface area contributed by atoms with E-state index in [2.05, 4.69) is 18.8 Å². The van der Waals surface area contributed by atoms with Gasteiger partial charge in [0.25, 0.3) is 0 Å². The summed E-state index contributed by atoms with van der Waals surface area (Å²) in [6, 6.07) is 5.66. The van der Waals surface area contributed by atoms with Gasteiger partial charge in [0.2, 0.25) is 0 Å². The van der Waals surface area contributed by atoms with E-state index in [4.69, 9.17) is 4.74 Å². The topological polar surface area (TPSA) is 66.8 Å². The largest absolute Gasteiger partial charge is 0.461 e. The zero-order valence-corrected chi connectivity index (χ0v) is 17.1. The van der Waals surface area contributed by atoms with Gasteiger partial charge >= 0.3 is 5.97 Å². The summed E-state index contributed by atoms with van der Waals surface area (Å²) in [5, 5.41) is 0.608. The van der Waals surface area contributed by atoms with Crippen LogP contribution in [0.3, 0.4) is 0 Å². The van der Waals surface area contributed by atoms with Crippen molar-refractivity contribution < 1.29 is 14.4 Å². The highest BCUT2D eigenvalue weighted by atomic mass is 16.5. The maximum absolute atomic E-state index is 13.3. The van der Waals surface area contributed by atoms with Gasteiger partial charge in [0.1, 0.15) is 12.2 Å². The molecule has 0 saturated carbocycles. The first kappa shape index (κ1) is 21.0. The van der Waals surface area contributed by atoms with Crippen LogP contribution in [0.15, 0.2) is 23.0 Å². The van der Waals surface area contributed by atoms with Crippen LogP contribution in [0, 0.1) is 0 Å². The van der Waals surface area contributed by atoms with Crippen LogP contribution in [0.5, 0.6) is 0 Å². The van der Waals surface area contributed by atoms with Crippen LogP contribution in [0.2, 0.25) is 0 Å². The Labute approximate surface area is 161 Å². The minimum Gasteiger partial charge on any atom is -0.461 e. The van der Waals surface area contributed by atoms with Gasteiger partial charge in [-0.05, 0) is 38.0 Å². The van der Waals surface area contributed by atoms with E-state index in [0.29, 0.717) is 23.0 Å². The van der Waals surface area contributed by atoms with E-state index < -0.39 is 5.97 Å². The number of nitrogens with zero attached hydrogens (tertiary/aromatic N) is 1. The number of quaternary nitrogens is 1.